The summed E-state index contributed by atoms with van der Waals surface area (Å²) < 4.78 is 17.3. The van der Waals surface area contributed by atoms with Crippen molar-refractivity contribution in [1.82, 2.24) is 0 Å². The Morgan fingerprint density at radius 2 is 1.97 bits per heavy atom. The van der Waals surface area contributed by atoms with Gasteiger partial charge in [-0.1, -0.05) is 49.3 Å². The molecule has 1 N–H and O–H groups in total. The minimum atomic E-state index is -1.18. The average molecular weight is 433 g/mol. The molecule has 2 aromatic carbocycles. The van der Waals surface area contributed by atoms with Gasteiger partial charge in [-0.3, -0.25) is 0 Å². The lowest BCUT2D eigenvalue weighted by Gasteiger charge is -2.33. The number of terminal acetylenes is 1. The molecule has 2 unspecified atom stereocenters. The van der Waals surface area contributed by atoms with E-state index in [9.17, 15) is 4.79 Å². The van der Waals surface area contributed by atoms with E-state index in [1.165, 1.54) is 0 Å². The van der Waals surface area contributed by atoms with Gasteiger partial charge in [0.25, 0.3) is 0 Å². The molecule has 5 nitrogen and oxygen atoms in total. The quantitative estimate of drug-likeness (QED) is 0.257. The molecule has 3 rings (SSSR count). The van der Waals surface area contributed by atoms with Gasteiger partial charge in [0, 0.05) is 11.1 Å². The third kappa shape index (κ3) is 4.56. The lowest BCUT2D eigenvalue weighted by molar-refractivity contribution is 0.00137. The van der Waals surface area contributed by atoms with Crippen molar-refractivity contribution in [3.63, 3.8) is 0 Å². The lowest BCUT2D eigenvalue weighted by Crippen LogP contribution is -2.35. The summed E-state index contributed by atoms with van der Waals surface area (Å²) in [6.07, 6.45) is 12.2. The van der Waals surface area contributed by atoms with Crippen molar-refractivity contribution in [2.45, 2.75) is 25.9 Å². The van der Waals surface area contributed by atoms with Crippen molar-refractivity contribution >= 4 is 5.97 Å². The highest BCUT2D eigenvalue weighted by Gasteiger charge is 2.51. The topological polar surface area (TPSA) is 65.0 Å². The van der Waals surface area contributed by atoms with Crippen LogP contribution in [0.15, 0.2) is 72.5 Å². The van der Waals surface area contributed by atoms with Crippen LogP contribution in [0.25, 0.3) is 0 Å². The molecular formula is C27H28O5. The molecule has 2 aromatic rings. The first-order chi connectivity index (χ1) is 15.6. The van der Waals surface area contributed by atoms with Gasteiger partial charge in [0.15, 0.2) is 5.60 Å². The molecule has 0 saturated heterocycles. The van der Waals surface area contributed by atoms with E-state index in [1.54, 1.807) is 30.4 Å². The number of carbonyl (C=O) groups excluding carboxylic acids is 1. The van der Waals surface area contributed by atoms with E-state index in [-0.39, 0.29) is 13.2 Å². The summed E-state index contributed by atoms with van der Waals surface area (Å²) in [5.41, 5.74) is 0.789. The highest BCUT2D eigenvalue weighted by molar-refractivity contribution is 5.95. The number of hydrogen-bond donors (Lipinski definition) is 1. The molecule has 0 radical (unpaired) electrons. The minimum absolute atomic E-state index is 0.0921. The summed E-state index contributed by atoms with van der Waals surface area (Å²) in [4.78, 5) is 12.8. The number of rotatable bonds is 10. The number of aliphatic hydroxyl groups excluding tert-OH is 1. The first-order valence-electron chi connectivity index (χ1n) is 10.7. The van der Waals surface area contributed by atoms with Gasteiger partial charge in [0.2, 0.25) is 0 Å². The molecule has 0 amide bonds. The molecule has 0 saturated carbocycles. The monoisotopic (exact) mass is 432 g/mol. The summed E-state index contributed by atoms with van der Waals surface area (Å²) in [5, 5.41) is 9.03. The molecule has 2 atom stereocenters. The predicted octanol–water partition coefficient (Wildman–Crippen LogP) is 4.61. The Labute approximate surface area is 189 Å². The third-order valence-electron chi connectivity index (χ3n) is 5.27. The van der Waals surface area contributed by atoms with E-state index in [1.807, 2.05) is 50.2 Å². The van der Waals surface area contributed by atoms with E-state index >= 15 is 0 Å². The minimum Gasteiger partial charge on any atom is -0.494 e. The van der Waals surface area contributed by atoms with Crippen LogP contribution in [0.3, 0.4) is 0 Å². The van der Waals surface area contributed by atoms with Crippen molar-refractivity contribution < 1.29 is 24.1 Å². The molecule has 0 fully saturated rings. The number of aliphatic hydroxyl groups is 1. The fourth-order valence-electron chi connectivity index (χ4n) is 3.78. The van der Waals surface area contributed by atoms with Gasteiger partial charge in [0.1, 0.15) is 18.1 Å². The normalized spacial score (nSPS) is 18.7. The highest BCUT2D eigenvalue weighted by Crippen LogP contribution is 2.48. The van der Waals surface area contributed by atoms with Crippen LogP contribution >= 0.6 is 0 Å². The molecule has 1 aliphatic rings. The summed E-state index contributed by atoms with van der Waals surface area (Å²) in [5.74, 6) is 3.09. The number of fused-ring (bicyclic) bond motifs is 1. The Bertz CT molecular complexity index is 1030. The molecule has 1 aliphatic heterocycles. The molecule has 0 spiro atoms. The van der Waals surface area contributed by atoms with Crippen molar-refractivity contribution in [2.24, 2.45) is 5.92 Å². The van der Waals surface area contributed by atoms with Crippen LogP contribution < -0.4 is 4.74 Å². The molecule has 0 aliphatic carbocycles. The summed E-state index contributed by atoms with van der Waals surface area (Å²) in [6, 6.07) is 14.8. The molecule has 5 heteroatoms. The number of esters is 1. The highest BCUT2D eigenvalue weighted by atomic mass is 16.6. The Hall–Kier alpha value is -3.49. The van der Waals surface area contributed by atoms with Gasteiger partial charge < -0.3 is 19.3 Å². The van der Waals surface area contributed by atoms with Gasteiger partial charge in [0.05, 0.1) is 24.7 Å². The first kappa shape index (κ1) is 23.2. The number of carbonyl (C=O) groups is 1. The first-order valence-corrected chi connectivity index (χ1v) is 10.7. The van der Waals surface area contributed by atoms with Crippen LogP contribution in [0.5, 0.6) is 5.75 Å². The summed E-state index contributed by atoms with van der Waals surface area (Å²) in [6.45, 7) is 4.58. The van der Waals surface area contributed by atoms with E-state index in [0.29, 0.717) is 17.9 Å². The van der Waals surface area contributed by atoms with Gasteiger partial charge in [-0.2, -0.15) is 0 Å². The Balaban J connectivity index is 2.08. The number of cyclic esters (lactones) is 1. The van der Waals surface area contributed by atoms with Crippen molar-refractivity contribution in [3.05, 3.63) is 89.2 Å². The van der Waals surface area contributed by atoms with Gasteiger partial charge in [-0.25, -0.2) is 4.79 Å². The zero-order chi connectivity index (χ0) is 23.0. The second-order valence-electron chi connectivity index (χ2n) is 7.31. The average Bonchev–Trinajstić information content (AvgIpc) is 3.13. The molecule has 32 heavy (non-hydrogen) atoms. The van der Waals surface area contributed by atoms with E-state index in [2.05, 4.69) is 5.92 Å². The smallest absolute Gasteiger partial charge is 0.339 e. The van der Waals surface area contributed by atoms with Crippen LogP contribution in [-0.2, 0) is 15.1 Å². The van der Waals surface area contributed by atoms with Gasteiger partial charge in [-0.15, -0.1) is 6.42 Å². The SMILES string of the molecule is C#CC(/C=C\C(=C/C)OCCO)C1(c2ccc(OCCC)cc2)OC(=O)c2ccccc21. The molecule has 166 valence electrons. The Morgan fingerprint density at radius 3 is 2.62 bits per heavy atom. The maximum absolute atomic E-state index is 12.8. The van der Waals surface area contributed by atoms with Crippen molar-refractivity contribution in [3.8, 4) is 18.1 Å². The molecule has 0 bridgehead atoms. The Morgan fingerprint density at radius 1 is 1.22 bits per heavy atom. The number of benzene rings is 2. The van der Waals surface area contributed by atoms with E-state index < -0.39 is 17.5 Å². The number of ether oxygens (including phenoxy) is 3. The van der Waals surface area contributed by atoms with Crippen molar-refractivity contribution in [1.29, 1.82) is 0 Å². The van der Waals surface area contributed by atoms with Crippen LogP contribution in [-0.4, -0.2) is 30.9 Å². The van der Waals surface area contributed by atoms with Crippen LogP contribution in [0.4, 0.5) is 0 Å². The summed E-state index contributed by atoms with van der Waals surface area (Å²) in [7, 11) is 0. The van der Waals surface area contributed by atoms with E-state index in [4.69, 9.17) is 25.7 Å². The largest absolute Gasteiger partial charge is 0.494 e. The number of hydrogen-bond acceptors (Lipinski definition) is 5. The third-order valence-corrected chi connectivity index (χ3v) is 5.27. The molecular weight excluding hydrogens is 404 g/mol. The standard InChI is InChI=1S/C27H28O5/c1-4-18-30-23-15-12-21(13-16-23)27(25-10-8-7-9-24(25)26(29)32-27)20(5-2)11-14-22(6-3)31-19-17-28/h2,6-16,20,28H,4,17-19H2,1,3H3/b14-11-,22-6+. The second-order valence-corrected chi connectivity index (χ2v) is 7.31. The van der Waals surface area contributed by atoms with Gasteiger partial charge >= 0.3 is 5.97 Å². The fourth-order valence-corrected chi connectivity index (χ4v) is 3.78. The van der Waals surface area contributed by atoms with Crippen LogP contribution in [0.1, 0.15) is 41.8 Å². The fraction of sp³-hybridized carbons (Fsp3) is 0.296. The zero-order valence-electron chi connectivity index (χ0n) is 18.4. The second kappa shape index (κ2) is 10.7. The van der Waals surface area contributed by atoms with Gasteiger partial charge in [-0.05, 0) is 43.7 Å². The maximum Gasteiger partial charge on any atom is 0.339 e. The lowest BCUT2D eigenvalue weighted by atomic mass is 9.75. The van der Waals surface area contributed by atoms with E-state index in [0.717, 1.165) is 23.3 Å². The van der Waals surface area contributed by atoms with Crippen LogP contribution in [0.2, 0.25) is 0 Å². The maximum atomic E-state index is 12.8. The molecule has 1 heterocycles. The van der Waals surface area contributed by atoms with Crippen molar-refractivity contribution in [2.75, 3.05) is 19.8 Å². The predicted molar refractivity (Wildman–Crippen MR) is 123 cm³/mol. The van der Waals surface area contributed by atoms with Crippen LogP contribution in [0, 0.1) is 18.3 Å². The zero-order valence-corrected chi connectivity index (χ0v) is 18.4. The Kier molecular flexibility index (Phi) is 7.75. The molecule has 0 aromatic heterocycles. The summed E-state index contributed by atoms with van der Waals surface area (Å²) >= 11 is 0. The number of allylic oxidation sites excluding steroid dienone is 2.